The molecule has 0 aliphatic carbocycles. The summed E-state index contributed by atoms with van der Waals surface area (Å²) in [6, 6.07) is 17.7. The van der Waals surface area contributed by atoms with Crippen molar-refractivity contribution in [2.75, 3.05) is 0 Å². The number of nitrogens with zero attached hydrogens (tertiary/aromatic N) is 3. The van der Waals surface area contributed by atoms with Crippen LogP contribution in [0.1, 0.15) is 0 Å². The van der Waals surface area contributed by atoms with Gasteiger partial charge in [0.25, 0.3) is 0 Å². The molecule has 8 heteroatoms. The van der Waals surface area contributed by atoms with Crippen LogP contribution in [0.25, 0.3) is 22.8 Å². The number of hydrogen-bond donors (Lipinski definition) is 4. The van der Waals surface area contributed by atoms with Gasteiger partial charge in [0.1, 0.15) is 23.0 Å². The molecule has 4 rings (SSSR count). The molecule has 0 amide bonds. The average molecular weight is 405 g/mol. The summed E-state index contributed by atoms with van der Waals surface area (Å²) in [5.41, 5.74) is 0.610. The second kappa shape index (κ2) is 7.69. The lowest BCUT2D eigenvalue weighted by Crippen LogP contribution is -1.99. The van der Waals surface area contributed by atoms with E-state index >= 15 is 0 Å². The van der Waals surface area contributed by atoms with Crippen molar-refractivity contribution in [3.8, 4) is 45.8 Å². The van der Waals surface area contributed by atoms with Crippen LogP contribution in [-0.2, 0) is 0 Å². The summed E-state index contributed by atoms with van der Waals surface area (Å²) in [7, 11) is 0. The van der Waals surface area contributed by atoms with Crippen molar-refractivity contribution in [3.63, 3.8) is 0 Å². The van der Waals surface area contributed by atoms with E-state index in [1.807, 2.05) is 30.3 Å². The lowest BCUT2D eigenvalue weighted by Gasteiger charge is -2.10. The first-order valence-corrected chi connectivity index (χ1v) is 9.35. The summed E-state index contributed by atoms with van der Waals surface area (Å²) in [6.07, 6.45) is 0. The fourth-order valence-electron chi connectivity index (χ4n) is 2.66. The van der Waals surface area contributed by atoms with Crippen LogP contribution in [-0.4, -0.2) is 35.4 Å². The summed E-state index contributed by atoms with van der Waals surface area (Å²) >= 11 is 1.30. The summed E-state index contributed by atoms with van der Waals surface area (Å²) < 4.78 is 0. The van der Waals surface area contributed by atoms with Crippen LogP contribution in [0.2, 0.25) is 0 Å². The molecule has 0 saturated carbocycles. The predicted octanol–water partition coefficient (Wildman–Crippen LogP) is 4.18. The van der Waals surface area contributed by atoms with Crippen LogP contribution in [0.5, 0.6) is 23.0 Å². The van der Waals surface area contributed by atoms with Gasteiger partial charge in [-0.3, -0.25) is 0 Å². The van der Waals surface area contributed by atoms with Crippen molar-refractivity contribution >= 4 is 11.8 Å². The molecule has 144 valence electrons. The highest BCUT2D eigenvalue weighted by Gasteiger charge is 2.16. The van der Waals surface area contributed by atoms with Gasteiger partial charge in [0, 0.05) is 17.0 Å². The van der Waals surface area contributed by atoms with Crippen molar-refractivity contribution in [1.82, 2.24) is 15.0 Å². The van der Waals surface area contributed by atoms with E-state index < -0.39 is 0 Å². The first-order valence-electron chi connectivity index (χ1n) is 8.53. The second-order valence-corrected chi connectivity index (χ2v) is 7.12. The van der Waals surface area contributed by atoms with Gasteiger partial charge in [0.15, 0.2) is 16.8 Å². The molecular formula is C21H15N3O4S. The molecule has 0 aliphatic heterocycles. The molecule has 0 radical (unpaired) electrons. The van der Waals surface area contributed by atoms with E-state index in [1.165, 1.54) is 48.2 Å². The monoisotopic (exact) mass is 405 g/mol. The van der Waals surface area contributed by atoms with E-state index in [9.17, 15) is 20.4 Å². The molecule has 4 aromatic rings. The lowest BCUT2D eigenvalue weighted by atomic mass is 10.1. The number of phenols is 4. The summed E-state index contributed by atoms with van der Waals surface area (Å²) in [6.45, 7) is 0. The van der Waals surface area contributed by atoms with E-state index in [0.29, 0.717) is 16.3 Å². The van der Waals surface area contributed by atoms with Crippen LogP contribution in [0.15, 0.2) is 76.8 Å². The minimum absolute atomic E-state index is 0.0874. The largest absolute Gasteiger partial charge is 0.508 e. The van der Waals surface area contributed by atoms with E-state index in [0.717, 1.165) is 4.90 Å². The zero-order valence-electron chi connectivity index (χ0n) is 14.9. The fourth-order valence-corrected chi connectivity index (χ4v) is 3.42. The Morgan fingerprint density at radius 3 is 1.59 bits per heavy atom. The van der Waals surface area contributed by atoms with Gasteiger partial charge in [-0.15, -0.1) is 0 Å². The molecule has 4 N–H and O–H groups in total. The molecule has 0 atom stereocenters. The molecule has 29 heavy (non-hydrogen) atoms. The molecule has 1 heterocycles. The highest BCUT2D eigenvalue weighted by Crippen LogP contribution is 2.35. The Morgan fingerprint density at radius 2 is 1.10 bits per heavy atom. The number of phenolic OH excluding ortho intramolecular Hbond substituents is 4. The predicted molar refractivity (Wildman–Crippen MR) is 108 cm³/mol. The topological polar surface area (TPSA) is 120 Å². The summed E-state index contributed by atoms with van der Waals surface area (Å²) in [5.74, 6) is -0.191. The van der Waals surface area contributed by atoms with Gasteiger partial charge < -0.3 is 20.4 Å². The Kier molecular flexibility index (Phi) is 4.92. The molecule has 0 unspecified atom stereocenters. The third-order valence-electron chi connectivity index (χ3n) is 4.01. The molecule has 0 aliphatic rings. The summed E-state index contributed by atoms with van der Waals surface area (Å²) in [4.78, 5) is 14.1. The standard InChI is InChI=1S/C21H15N3O4S/c25-12-6-8-15(17(27)10-12)19-22-20(16-9-7-13(26)11-18(16)28)24-21(23-19)29-14-4-2-1-3-5-14/h1-11,25-28H. The smallest absolute Gasteiger partial charge is 0.196 e. The van der Waals surface area contributed by atoms with Gasteiger partial charge in [-0.1, -0.05) is 18.2 Å². The maximum atomic E-state index is 10.2. The number of hydrogen-bond acceptors (Lipinski definition) is 8. The fraction of sp³-hybridized carbons (Fsp3) is 0. The van der Waals surface area contributed by atoms with Gasteiger partial charge in [-0.25, -0.2) is 15.0 Å². The lowest BCUT2D eigenvalue weighted by molar-refractivity contribution is 0.451. The van der Waals surface area contributed by atoms with Gasteiger partial charge in [-0.05, 0) is 48.2 Å². The minimum atomic E-state index is -0.187. The van der Waals surface area contributed by atoms with Crippen molar-refractivity contribution < 1.29 is 20.4 Å². The van der Waals surface area contributed by atoms with E-state index in [1.54, 1.807) is 0 Å². The number of aromatic hydroxyl groups is 4. The zero-order valence-corrected chi connectivity index (χ0v) is 15.7. The zero-order chi connectivity index (χ0) is 20.4. The average Bonchev–Trinajstić information content (AvgIpc) is 2.68. The maximum absolute atomic E-state index is 10.2. The van der Waals surface area contributed by atoms with E-state index in [-0.39, 0.29) is 34.6 Å². The molecule has 0 bridgehead atoms. The Morgan fingerprint density at radius 1 is 0.586 bits per heavy atom. The molecule has 0 fully saturated rings. The minimum Gasteiger partial charge on any atom is -0.508 e. The third-order valence-corrected chi connectivity index (χ3v) is 4.88. The molecule has 0 saturated heterocycles. The maximum Gasteiger partial charge on any atom is 0.196 e. The Bertz CT molecular complexity index is 1120. The normalized spacial score (nSPS) is 10.8. The molecule has 7 nitrogen and oxygen atoms in total. The van der Waals surface area contributed by atoms with Crippen LogP contribution in [0.3, 0.4) is 0 Å². The van der Waals surface area contributed by atoms with Crippen LogP contribution in [0.4, 0.5) is 0 Å². The first kappa shape index (κ1) is 18.6. The Hall–Kier alpha value is -3.78. The number of aromatic nitrogens is 3. The van der Waals surface area contributed by atoms with Gasteiger partial charge in [-0.2, -0.15) is 0 Å². The van der Waals surface area contributed by atoms with E-state index in [4.69, 9.17) is 0 Å². The van der Waals surface area contributed by atoms with Gasteiger partial charge in [0.05, 0.1) is 11.1 Å². The molecule has 1 aromatic heterocycles. The first-order chi connectivity index (χ1) is 14.0. The molecule has 3 aromatic carbocycles. The van der Waals surface area contributed by atoms with Crippen LogP contribution < -0.4 is 0 Å². The summed E-state index contributed by atoms with van der Waals surface area (Å²) in [5, 5.41) is 39.9. The van der Waals surface area contributed by atoms with Crippen molar-refractivity contribution in [3.05, 3.63) is 66.7 Å². The SMILES string of the molecule is Oc1ccc(-c2nc(Sc3ccccc3)nc(-c3ccc(O)cc3O)n2)c(O)c1. The van der Waals surface area contributed by atoms with E-state index in [2.05, 4.69) is 15.0 Å². The Balaban J connectivity index is 1.87. The highest BCUT2D eigenvalue weighted by atomic mass is 32.2. The van der Waals surface area contributed by atoms with Crippen molar-refractivity contribution in [2.24, 2.45) is 0 Å². The van der Waals surface area contributed by atoms with Crippen molar-refractivity contribution in [2.45, 2.75) is 10.1 Å². The third kappa shape index (κ3) is 4.07. The van der Waals surface area contributed by atoms with Crippen LogP contribution >= 0.6 is 11.8 Å². The highest BCUT2D eigenvalue weighted by molar-refractivity contribution is 7.99. The molecule has 0 spiro atoms. The molecular weight excluding hydrogens is 390 g/mol. The second-order valence-electron chi connectivity index (χ2n) is 6.08. The van der Waals surface area contributed by atoms with Crippen LogP contribution in [0, 0.1) is 0 Å². The van der Waals surface area contributed by atoms with Crippen molar-refractivity contribution in [1.29, 1.82) is 0 Å². The number of rotatable bonds is 4. The van der Waals surface area contributed by atoms with Gasteiger partial charge in [0.2, 0.25) is 0 Å². The Labute approximate surface area is 170 Å². The van der Waals surface area contributed by atoms with Gasteiger partial charge >= 0.3 is 0 Å². The number of benzene rings is 3. The quantitative estimate of drug-likeness (QED) is 0.399.